The number of halogens is 1. The summed E-state index contributed by atoms with van der Waals surface area (Å²) in [6.07, 6.45) is 4.11. The molecule has 13 heavy (non-hydrogen) atoms. The molecule has 0 saturated carbocycles. The molecule has 0 aliphatic carbocycles. The second-order valence-corrected chi connectivity index (χ2v) is 5.09. The van der Waals surface area contributed by atoms with E-state index in [1.54, 1.807) is 0 Å². The van der Waals surface area contributed by atoms with Gasteiger partial charge in [-0.2, -0.15) is 0 Å². The van der Waals surface area contributed by atoms with Crippen molar-refractivity contribution in [2.45, 2.75) is 24.7 Å². The maximum Gasteiger partial charge on any atom is 0.264 e. The molecule has 0 saturated heterocycles. The molecule has 0 aliphatic heterocycles. The molecule has 1 aromatic heterocycles. The van der Waals surface area contributed by atoms with Gasteiger partial charge >= 0.3 is 0 Å². The summed E-state index contributed by atoms with van der Waals surface area (Å²) in [7, 11) is 1.39. The third-order valence-corrected chi connectivity index (χ3v) is 2.75. The first-order valence-corrected chi connectivity index (χ1v) is 6.10. The van der Waals surface area contributed by atoms with Gasteiger partial charge in [0.1, 0.15) is 10.7 Å². The predicted octanol–water partition coefficient (Wildman–Crippen LogP) is 1.36. The smallest absolute Gasteiger partial charge is 0.240 e. The molecule has 1 aromatic rings. The standard InChI is InChI=1S/C7H9ClN2O2S/c1-2-3-7-9-4-6(5-10-7)13(8,11)12/h4-5H,2-3H2,1H3. The minimum absolute atomic E-state index is 0.0611. The van der Waals surface area contributed by atoms with Crippen molar-refractivity contribution in [1.82, 2.24) is 9.97 Å². The Bertz CT molecular complexity index is 374. The first-order valence-electron chi connectivity index (χ1n) is 3.79. The van der Waals surface area contributed by atoms with Crippen molar-refractivity contribution in [2.75, 3.05) is 0 Å². The van der Waals surface area contributed by atoms with Crippen LogP contribution in [0.4, 0.5) is 0 Å². The lowest BCUT2D eigenvalue weighted by Crippen LogP contribution is -1.98. The molecule has 0 bridgehead atoms. The van der Waals surface area contributed by atoms with Crippen LogP contribution in [0.1, 0.15) is 19.2 Å². The van der Waals surface area contributed by atoms with Crippen molar-refractivity contribution in [1.29, 1.82) is 0 Å². The Morgan fingerprint density at radius 2 is 1.92 bits per heavy atom. The summed E-state index contributed by atoms with van der Waals surface area (Å²) in [5.41, 5.74) is 0. The van der Waals surface area contributed by atoms with Crippen LogP contribution in [-0.4, -0.2) is 18.4 Å². The van der Waals surface area contributed by atoms with E-state index in [1.165, 1.54) is 12.4 Å². The van der Waals surface area contributed by atoms with Gasteiger partial charge < -0.3 is 0 Å². The lowest BCUT2D eigenvalue weighted by atomic mass is 10.3. The van der Waals surface area contributed by atoms with Crippen LogP contribution in [0.15, 0.2) is 17.3 Å². The Kier molecular flexibility index (Phi) is 3.22. The van der Waals surface area contributed by atoms with Gasteiger partial charge in [-0.3, -0.25) is 0 Å². The highest BCUT2D eigenvalue weighted by atomic mass is 35.7. The zero-order valence-electron chi connectivity index (χ0n) is 7.07. The summed E-state index contributed by atoms with van der Waals surface area (Å²) >= 11 is 0. The number of aromatic nitrogens is 2. The van der Waals surface area contributed by atoms with Crippen LogP contribution in [0.3, 0.4) is 0 Å². The van der Waals surface area contributed by atoms with E-state index >= 15 is 0 Å². The number of hydrogen-bond acceptors (Lipinski definition) is 4. The van der Waals surface area contributed by atoms with Gasteiger partial charge in [-0.15, -0.1) is 0 Å². The molecule has 0 aromatic carbocycles. The van der Waals surface area contributed by atoms with Gasteiger partial charge in [0, 0.05) is 17.1 Å². The first kappa shape index (κ1) is 10.4. The van der Waals surface area contributed by atoms with Crippen LogP contribution in [0.2, 0.25) is 0 Å². The summed E-state index contributed by atoms with van der Waals surface area (Å²) in [5.74, 6) is 0.631. The number of rotatable bonds is 3. The van der Waals surface area contributed by atoms with Crippen molar-refractivity contribution < 1.29 is 8.42 Å². The molecular formula is C7H9ClN2O2S. The van der Waals surface area contributed by atoms with E-state index in [-0.39, 0.29) is 4.90 Å². The van der Waals surface area contributed by atoms with Crippen LogP contribution in [0, 0.1) is 0 Å². The van der Waals surface area contributed by atoms with Crippen LogP contribution in [0.5, 0.6) is 0 Å². The van der Waals surface area contributed by atoms with Crippen molar-refractivity contribution >= 4 is 19.7 Å². The number of nitrogens with zero attached hydrogens (tertiary/aromatic N) is 2. The largest absolute Gasteiger partial charge is 0.264 e. The highest BCUT2D eigenvalue weighted by Gasteiger charge is 2.10. The Balaban J connectivity index is 2.94. The number of hydrogen-bond donors (Lipinski definition) is 0. The summed E-state index contributed by atoms with van der Waals surface area (Å²) in [6.45, 7) is 2.00. The van der Waals surface area contributed by atoms with E-state index in [9.17, 15) is 8.42 Å². The van der Waals surface area contributed by atoms with Crippen molar-refractivity contribution in [3.05, 3.63) is 18.2 Å². The molecule has 0 amide bonds. The maximum atomic E-state index is 10.8. The van der Waals surface area contributed by atoms with E-state index in [1.807, 2.05) is 6.92 Å². The SMILES string of the molecule is CCCc1ncc(S(=O)(=O)Cl)cn1. The third kappa shape index (κ3) is 2.93. The molecule has 0 radical (unpaired) electrons. The molecule has 1 rings (SSSR count). The molecule has 0 spiro atoms. The molecule has 6 heteroatoms. The van der Waals surface area contributed by atoms with Gasteiger partial charge in [0.15, 0.2) is 0 Å². The first-order chi connectivity index (χ1) is 6.04. The monoisotopic (exact) mass is 220 g/mol. The molecule has 4 nitrogen and oxygen atoms in total. The van der Waals surface area contributed by atoms with Crippen LogP contribution in [0.25, 0.3) is 0 Å². The third-order valence-electron chi connectivity index (χ3n) is 1.44. The Labute approximate surface area is 81.4 Å². The van der Waals surface area contributed by atoms with E-state index in [0.29, 0.717) is 5.82 Å². The van der Waals surface area contributed by atoms with Gasteiger partial charge in [0.2, 0.25) is 0 Å². The molecule has 72 valence electrons. The second kappa shape index (κ2) is 4.02. The highest BCUT2D eigenvalue weighted by Crippen LogP contribution is 2.11. The summed E-state index contributed by atoms with van der Waals surface area (Å²) < 4.78 is 21.6. The molecule has 0 N–H and O–H groups in total. The van der Waals surface area contributed by atoms with Crippen molar-refractivity contribution in [3.8, 4) is 0 Å². The van der Waals surface area contributed by atoms with Gasteiger partial charge in [-0.25, -0.2) is 18.4 Å². The van der Waals surface area contributed by atoms with E-state index in [2.05, 4.69) is 9.97 Å². The lowest BCUT2D eigenvalue weighted by molar-refractivity contribution is 0.608. The van der Waals surface area contributed by atoms with Crippen LogP contribution < -0.4 is 0 Å². The second-order valence-electron chi connectivity index (χ2n) is 2.52. The molecule has 1 heterocycles. The molecule has 0 atom stereocenters. The topological polar surface area (TPSA) is 59.9 Å². The lowest BCUT2D eigenvalue weighted by Gasteiger charge is -1.97. The normalized spacial score (nSPS) is 11.5. The molecule has 0 unspecified atom stereocenters. The van der Waals surface area contributed by atoms with Gasteiger partial charge in [0.05, 0.1) is 12.4 Å². The van der Waals surface area contributed by atoms with Crippen LogP contribution in [-0.2, 0) is 15.5 Å². The Morgan fingerprint density at radius 3 is 2.31 bits per heavy atom. The quantitative estimate of drug-likeness (QED) is 0.722. The fraction of sp³-hybridized carbons (Fsp3) is 0.429. The average molecular weight is 221 g/mol. The Morgan fingerprint density at radius 1 is 1.38 bits per heavy atom. The Hall–Kier alpha value is -0.680. The maximum absolute atomic E-state index is 10.8. The zero-order valence-corrected chi connectivity index (χ0v) is 8.64. The van der Waals surface area contributed by atoms with E-state index < -0.39 is 9.05 Å². The van der Waals surface area contributed by atoms with Crippen molar-refractivity contribution in [3.63, 3.8) is 0 Å². The molecule has 0 aliphatic rings. The summed E-state index contributed by atoms with van der Waals surface area (Å²) in [5, 5.41) is 0. The summed E-state index contributed by atoms with van der Waals surface area (Å²) in [6, 6.07) is 0. The average Bonchev–Trinajstić information content (AvgIpc) is 2.04. The zero-order chi connectivity index (χ0) is 9.90. The van der Waals surface area contributed by atoms with Crippen LogP contribution >= 0.6 is 10.7 Å². The van der Waals surface area contributed by atoms with E-state index in [0.717, 1.165) is 12.8 Å². The fourth-order valence-electron chi connectivity index (χ4n) is 0.822. The molecule has 0 fully saturated rings. The fourth-order valence-corrected chi connectivity index (χ4v) is 1.42. The van der Waals surface area contributed by atoms with E-state index in [4.69, 9.17) is 10.7 Å². The van der Waals surface area contributed by atoms with Gasteiger partial charge in [-0.05, 0) is 6.42 Å². The summed E-state index contributed by atoms with van der Waals surface area (Å²) in [4.78, 5) is 7.66. The van der Waals surface area contributed by atoms with Gasteiger partial charge in [-0.1, -0.05) is 6.92 Å². The number of aryl methyl sites for hydroxylation is 1. The minimum Gasteiger partial charge on any atom is -0.240 e. The predicted molar refractivity (Wildman–Crippen MR) is 49.1 cm³/mol. The minimum atomic E-state index is -3.69. The van der Waals surface area contributed by atoms with Crippen molar-refractivity contribution in [2.24, 2.45) is 0 Å². The van der Waals surface area contributed by atoms with Gasteiger partial charge in [0.25, 0.3) is 9.05 Å². The highest BCUT2D eigenvalue weighted by molar-refractivity contribution is 8.13. The molecular weight excluding hydrogens is 212 g/mol.